The molecule has 1 aliphatic heterocycles. The van der Waals surface area contributed by atoms with Crippen molar-refractivity contribution in [2.24, 2.45) is 5.73 Å². The predicted molar refractivity (Wildman–Crippen MR) is 89.7 cm³/mol. The summed E-state index contributed by atoms with van der Waals surface area (Å²) in [5, 5.41) is 4.94. The second-order valence-electron chi connectivity index (χ2n) is 5.61. The second kappa shape index (κ2) is 6.84. The molecular formula is C16H18FN3O3S. The summed E-state index contributed by atoms with van der Waals surface area (Å²) in [6, 6.07) is 4.60. The first-order valence-corrected chi connectivity index (χ1v) is 8.37. The number of anilines is 1. The van der Waals surface area contributed by atoms with E-state index in [-0.39, 0.29) is 11.7 Å². The molecule has 2 heterocycles. The van der Waals surface area contributed by atoms with Crippen molar-refractivity contribution in [3.05, 3.63) is 29.4 Å². The fraction of sp³-hybridized carbons (Fsp3) is 0.375. The van der Waals surface area contributed by atoms with Crippen LogP contribution in [0.5, 0.6) is 5.75 Å². The van der Waals surface area contributed by atoms with Gasteiger partial charge in [0.2, 0.25) is 5.91 Å². The van der Waals surface area contributed by atoms with E-state index >= 15 is 0 Å². The van der Waals surface area contributed by atoms with Crippen molar-refractivity contribution >= 4 is 22.4 Å². The zero-order chi connectivity index (χ0) is 17.2. The van der Waals surface area contributed by atoms with Gasteiger partial charge in [-0.25, -0.2) is 9.37 Å². The summed E-state index contributed by atoms with van der Waals surface area (Å²) in [5.74, 6) is -0.559. The molecule has 2 aromatic rings. The highest BCUT2D eigenvalue weighted by molar-refractivity contribution is 7.14. The highest BCUT2D eigenvalue weighted by Crippen LogP contribution is 2.29. The van der Waals surface area contributed by atoms with Crippen LogP contribution in [0.3, 0.4) is 0 Å². The van der Waals surface area contributed by atoms with E-state index in [4.69, 9.17) is 15.2 Å². The zero-order valence-electron chi connectivity index (χ0n) is 13.2. The van der Waals surface area contributed by atoms with Crippen LogP contribution in [-0.4, -0.2) is 36.8 Å². The SMILES string of the molecule is COc1ccc(-c2csc(NC(=O)C3(N)CCOCC3)n2)cc1F. The van der Waals surface area contributed by atoms with Gasteiger partial charge >= 0.3 is 0 Å². The Balaban J connectivity index is 1.73. The summed E-state index contributed by atoms with van der Waals surface area (Å²) >= 11 is 1.27. The van der Waals surface area contributed by atoms with Crippen LogP contribution in [-0.2, 0) is 9.53 Å². The number of nitrogens with two attached hydrogens (primary N) is 1. The van der Waals surface area contributed by atoms with Crippen LogP contribution in [0.25, 0.3) is 11.3 Å². The quantitative estimate of drug-likeness (QED) is 0.883. The van der Waals surface area contributed by atoms with Gasteiger partial charge in [-0.05, 0) is 31.0 Å². The average Bonchev–Trinajstić information content (AvgIpc) is 3.04. The normalized spacial score (nSPS) is 16.6. The summed E-state index contributed by atoms with van der Waals surface area (Å²) in [4.78, 5) is 16.7. The summed E-state index contributed by atoms with van der Waals surface area (Å²) in [7, 11) is 1.41. The van der Waals surface area contributed by atoms with Crippen LogP contribution >= 0.6 is 11.3 Å². The third-order valence-electron chi connectivity index (χ3n) is 4.01. The molecule has 0 aliphatic carbocycles. The van der Waals surface area contributed by atoms with Gasteiger partial charge in [0, 0.05) is 24.2 Å². The molecule has 1 aromatic carbocycles. The predicted octanol–water partition coefficient (Wildman–Crippen LogP) is 2.40. The molecule has 0 unspecified atom stereocenters. The number of hydrogen-bond acceptors (Lipinski definition) is 6. The van der Waals surface area contributed by atoms with Crippen LogP contribution < -0.4 is 15.8 Å². The lowest BCUT2D eigenvalue weighted by Gasteiger charge is -2.31. The van der Waals surface area contributed by atoms with Crippen molar-refractivity contribution in [1.29, 1.82) is 0 Å². The first kappa shape index (κ1) is 16.8. The molecule has 1 amide bonds. The molecule has 1 saturated heterocycles. The molecule has 3 N–H and O–H groups in total. The lowest BCUT2D eigenvalue weighted by atomic mass is 9.90. The lowest BCUT2D eigenvalue weighted by molar-refractivity contribution is -0.124. The van der Waals surface area contributed by atoms with Gasteiger partial charge in [0.15, 0.2) is 16.7 Å². The molecule has 3 rings (SSSR count). The molecule has 0 bridgehead atoms. The van der Waals surface area contributed by atoms with Gasteiger partial charge in [-0.15, -0.1) is 11.3 Å². The number of amides is 1. The standard InChI is InChI=1S/C16H18FN3O3S/c1-22-13-3-2-10(8-11(13)17)12-9-24-15(19-12)20-14(21)16(18)4-6-23-7-5-16/h2-3,8-9H,4-7,18H2,1H3,(H,19,20,21). The van der Waals surface area contributed by atoms with Crippen LogP contribution in [0.15, 0.2) is 23.6 Å². The number of carbonyl (C=O) groups excluding carboxylic acids is 1. The molecular weight excluding hydrogens is 333 g/mol. The van der Waals surface area contributed by atoms with Crippen molar-refractivity contribution in [1.82, 2.24) is 4.98 Å². The number of carbonyl (C=O) groups is 1. The smallest absolute Gasteiger partial charge is 0.246 e. The van der Waals surface area contributed by atoms with E-state index in [9.17, 15) is 9.18 Å². The van der Waals surface area contributed by atoms with E-state index in [1.54, 1.807) is 17.5 Å². The van der Waals surface area contributed by atoms with Crippen LogP contribution in [0, 0.1) is 5.82 Å². The van der Waals surface area contributed by atoms with Gasteiger partial charge in [0.25, 0.3) is 0 Å². The Morgan fingerprint density at radius 3 is 2.88 bits per heavy atom. The maximum absolute atomic E-state index is 13.8. The summed E-state index contributed by atoms with van der Waals surface area (Å²) in [5.41, 5.74) is 6.40. The molecule has 24 heavy (non-hydrogen) atoms. The van der Waals surface area contributed by atoms with E-state index < -0.39 is 11.4 Å². The van der Waals surface area contributed by atoms with Crippen molar-refractivity contribution in [2.75, 3.05) is 25.6 Å². The number of nitrogens with one attached hydrogen (secondary N) is 1. The van der Waals surface area contributed by atoms with E-state index in [1.807, 2.05) is 0 Å². The van der Waals surface area contributed by atoms with Gasteiger partial charge in [0.1, 0.15) is 5.54 Å². The number of hydrogen-bond donors (Lipinski definition) is 2. The minimum absolute atomic E-state index is 0.173. The van der Waals surface area contributed by atoms with Crippen molar-refractivity contribution in [2.45, 2.75) is 18.4 Å². The van der Waals surface area contributed by atoms with E-state index in [0.717, 1.165) is 0 Å². The molecule has 0 radical (unpaired) electrons. The maximum atomic E-state index is 13.8. The molecule has 0 atom stereocenters. The van der Waals surface area contributed by atoms with E-state index in [2.05, 4.69) is 10.3 Å². The number of methoxy groups -OCH3 is 1. The molecule has 6 nitrogen and oxygen atoms in total. The average molecular weight is 351 g/mol. The Bertz CT molecular complexity index is 744. The van der Waals surface area contributed by atoms with E-state index in [0.29, 0.717) is 42.4 Å². The summed E-state index contributed by atoms with van der Waals surface area (Å²) in [6.45, 7) is 0.941. The van der Waals surface area contributed by atoms with Crippen molar-refractivity contribution < 1.29 is 18.7 Å². The third kappa shape index (κ3) is 3.40. The first-order valence-electron chi connectivity index (χ1n) is 7.49. The topological polar surface area (TPSA) is 86.5 Å². The number of rotatable bonds is 4. The summed E-state index contributed by atoms with van der Waals surface area (Å²) in [6.07, 6.45) is 0.946. The minimum atomic E-state index is -0.934. The first-order chi connectivity index (χ1) is 11.5. The van der Waals surface area contributed by atoms with Crippen LogP contribution in [0.1, 0.15) is 12.8 Å². The molecule has 1 aromatic heterocycles. The molecule has 1 fully saturated rings. The highest BCUT2D eigenvalue weighted by atomic mass is 32.1. The molecule has 1 aliphatic rings. The summed E-state index contributed by atoms with van der Waals surface area (Å²) < 4.78 is 23.9. The Morgan fingerprint density at radius 2 is 2.21 bits per heavy atom. The van der Waals surface area contributed by atoms with Crippen molar-refractivity contribution in [3.8, 4) is 17.0 Å². The fourth-order valence-corrected chi connectivity index (χ4v) is 3.19. The molecule has 8 heteroatoms. The third-order valence-corrected chi connectivity index (χ3v) is 4.77. The number of ether oxygens (including phenoxy) is 2. The molecule has 0 spiro atoms. The number of aromatic nitrogens is 1. The van der Waals surface area contributed by atoms with Crippen LogP contribution in [0.4, 0.5) is 9.52 Å². The molecule has 0 saturated carbocycles. The highest BCUT2D eigenvalue weighted by Gasteiger charge is 2.36. The fourth-order valence-electron chi connectivity index (χ4n) is 2.47. The maximum Gasteiger partial charge on any atom is 0.246 e. The van der Waals surface area contributed by atoms with Crippen molar-refractivity contribution in [3.63, 3.8) is 0 Å². The van der Waals surface area contributed by atoms with Gasteiger partial charge < -0.3 is 20.5 Å². The van der Waals surface area contributed by atoms with Gasteiger partial charge in [-0.3, -0.25) is 4.79 Å². The lowest BCUT2D eigenvalue weighted by Crippen LogP contribution is -2.54. The number of halogens is 1. The zero-order valence-corrected chi connectivity index (χ0v) is 14.0. The van der Waals surface area contributed by atoms with E-state index in [1.165, 1.54) is 24.5 Å². The largest absolute Gasteiger partial charge is 0.494 e. The van der Waals surface area contributed by atoms with Gasteiger partial charge in [0.05, 0.1) is 12.8 Å². The Kier molecular flexibility index (Phi) is 4.79. The monoisotopic (exact) mass is 351 g/mol. The minimum Gasteiger partial charge on any atom is -0.494 e. The Labute approximate surface area is 142 Å². The van der Waals surface area contributed by atoms with Gasteiger partial charge in [-0.1, -0.05) is 0 Å². The number of benzene rings is 1. The van der Waals surface area contributed by atoms with Crippen LogP contribution in [0.2, 0.25) is 0 Å². The Hall–Kier alpha value is -2.03. The Morgan fingerprint density at radius 1 is 1.46 bits per heavy atom. The number of nitrogens with zero attached hydrogens (tertiary/aromatic N) is 1. The second-order valence-corrected chi connectivity index (χ2v) is 6.47. The number of thiazole rings is 1. The molecule has 128 valence electrons. The van der Waals surface area contributed by atoms with Gasteiger partial charge in [-0.2, -0.15) is 0 Å².